The van der Waals surface area contributed by atoms with Gasteiger partial charge in [0.2, 0.25) is 0 Å². The summed E-state index contributed by atoms with van der Waals surface area (Å²) in [5, 5.41) is 6.70. The number of hydrogen-bond donors (Lipinski definition) is 2. The van der Waals surface area contributed by atoms with Crippen LogP contribution in [0.4, 0.5) is 0 Å². The van der Waals surface area contributed by atoms with E-state index in [4.69, 9.17) is 4.42 Å². The second-order valence-electron chi connectivity index (χ2n) is 5.90. The molecule has 0 bridgehead atoms. The minimum atomic E-state index is 0.498. The van der Waals surface area contributed by atoms with Gasteiger partial charge in [0.15, 0.2) is 5.96 Å². The number of rotatable bonds is 8. The standard InChI is InChI=1S/C16H30N4O/c1-6-17-16(19-12-15-8-7-9-21-15)18-11-14(20(4)5)10-13(2)3/h7-9,13-14H,6,10-12H2,1-5H3,(H2,17,18,19). The molecule has 0 spiro atoms. The predicted octanol–water partition coefficient (Wildman–Crippen LogP) is 2.31. The van der Waals surface area contributed by atoms with E-state index in [2.05, 4.69) is 55.4 Å². The van der Waals surface area contributed by atoms with Crippen molar-refractivity contribution in [2.75, 3.05) is 27.2 Å². The lowest BCUT2D eigenvalue weighted by molar-refractivity contribution is 0.254. The smallest absolute Gasteiger partial charge is 0.191 e. The van der Waals surface area contributed by atoms with E-state index in [9.17, 15) is 0 Å². The Kier molecular flexibility index (Phi) is 7.90. The molecule has 1 rings (SSSR count). The summed E-state index contributed by atoms with van der Waals surface area (Å²) in [6.45, 7) is 8.87. The van der Waals surface area contributed by atoms with E-state index in [1.54, 1.807) is 6.26 Å². The molecular formula is C16H30N4O. The van der Waals surface area contributed by atoms with Crippen LogP contribution in [-0.4, -0.2) is 44.1 Å². The van der Waals surface area contributed by atoms with Gasteiger partial charge in [-0.2, -0.15) is 0 Å². The van der Waals surface area contributed by atoms with E-state index in [1.807, 2.05) is 12.1 Å². The Morgan fingerprint density at radius 3 is 2.62 bits per heavy atom. The molecule has 0 saturated carbocycles. The molecule has 120 valence electrons. The molecular weight excluding hydrogens is 264 g/mol. The number of furan rings is 1. The van der Waals surface area contributed by atoms with Gasteiger partial charge < -0.3 is 20.0 Å². The van der Waals surface area contributed by atoms with Crippen LogP contribution in [0.2, 0.25) is 0 Å². The van der Waals surface area contributed by atoms with Crippen molar-refractivity contribution < 1.29 is 4.42 Å². The van der Waals surface area contributed by atoms with Crippen molar-refractivity contribution in [1.82, 2.24) is 15.5 Å². The maximum absolute atomic E-state index is 5.31. The van der Waals surface area contributed by atoms with Crippen molar-refractivity contribution in [1.29, 1.82) is 0 Å². The van der Waals surface area contributed by atoms with Gasteiger partial charge in [-0.25, -0.2) is 4.99 Å². The first kappa shape index (κ1) is 17.6. The Morgan fingerprint density at radius 1 is 1.33 bits per heavy atom. The number of hydrogen-bond acceptors (Lipinski definition) is 3. The van der Waals surface area contributed by atoms with Gasteiger partial charge >= 0.3 is 0 Å². The zero-order chi connectivity index (χ0) is 15.7. The van der Waals surface area contributed by atoms with Gasteiger partial charge in [-0.3, -0.25) is 0 Å². The molecule has 0 aliphatic heterocycles. The monoisotopic (exact) mass is 294 g/mol. The SMILES string of the molecule is CCNC(=NCc1ccco1)NCC(CC(C)C)N(C)C. The fourth-order valence-electron chi connectivity index (χ4n) is 2.14. The van der Waals surface area contributed by atoms with Gasteiger partial charge in [0, 0.05) is 19.1 Å². The quantitative estimate of drug-likeness (QED) is 0.571. The van der Waals surface area contributed by atoms with Crippen molar-refractivity contribution in [3.05, 3.63) is 24.2 Å². The first-order valence-electron chi connectivity index (χ1n) is 7.73. The lowest BCUT2D eigenvalue weighted by atomic mass is 10.0. The molecule has 2 N–H and O–H groups in total. The van der Waals surface area contributed by atoms with Crippen LogP contribution in [0.25, 0.3) is 0 Å². The van der Waals surface area contributed by atoms with E-state index in [0.29, 0.717) is 18.5 Å². The van der Waals surface area contributed by atoms with Crippen LogP contribution in [0, 0.1) is 5.92 Å². The fourth-order valence-corrected chi connectivity index (χ4v) is 2.14. The van der Waals surface area contributed by atoms with Crippen molar-refractivity contribution in [3.8, 4) is 0 Å². The fraction of sp³-hybridized carbons (Fsp3) is 0.688. The first-order valence-corrected chi connectivity index (χ1v) is 7.73. The maximum atomic E-state index is 5.31. The van der Waals surface area contributed by atoms with Gasteiger partial charge in [0.1, 0.15) is 12.3 Å². The highest BCUT2D eigenvalue weighted by Crippen LogP contribution is 2.08. The summed E-state index contributed by atoms with van der Waals surface area (Å²) in [4.78, 5) is 6.82. The number of nitrogens with zero attached hydrogens (tertiary/aromatic N) is 2. The summed E-state index contributed by atoms with van der Waals surface area (Å²) in [5.41, 5.74) is 0. The van der Waals surface area contributed by atoms with Crippen LogP contribution in [0.5, 0.6) is 0 Å². The molecule has 1 aromatic rings. The summed E-state index contributed by atoms with van der Waals surface area (Å²) in [6, 6.07) is 4.32. The molecule has 0 aromatic carbocycles. The minimum absolute atomic E-state index is 0.498. The van der Waals surface area contributed by atoms with Crippen molar-refractivity contribution in [3.63, 3.8) is 0 Å². The zero-order valence-corrected chi connectivity index (χ0v) is 14.0. The molecule has 0 radical (unpaired) electrons. The molecule has 0 aliphatic rings. The minimum Gasteiger partial charge on any atom is -0.467 e. The molecule has 0 amide bonds. The molecule has 1 heterocycles. The van der Waals surface area contributed by atoms with Crippen LogP contribution < -0.4 is 10.6 Å². The summed E-state index contributed by atoms with van der Waals surface area (Å²) >= 11 is 0. The highest BCUT2D eigenvalue weighted by molar-refractivity contribution is 5.79. The highest BCUT2D eigenvalue weighted by Gasteiger charge is 2.13. The third kappa shape index (κ3) is 7.18. The molecule has 1 atom stereocenters. The van der Waals surface area contributed by atoms with Gasteiger partial charge in [-0.05, 0) is 45.5 Å². The molecule has 0 fully saturated rings. The van der Waals surface area contributed by atoms with E-state index in [-0.39, 0.29) is 0 Å². The molecule has 5 nitrogen and oxygen atoms in total. The third-order valence-electron chi connectivity index (χ3n) is 3.30. The van der Waals surface area contributed by atoms with Crippen molar-refractivity contribution in [2.24, 2.45) is 10.9 Å². The Bertz CT molecular complexity index is 398. The predicted molar refractivity (Wildman–Crippen MR) is 88.5 cm³/mol. The zero-order valence-electron chi connectivity index (χ0n) is 14.0. The first-order chi connectivity index (χ1) is 10.0. The molecule has 5 heteroatoms. The lowest BCUT2D eigenvalue weighted by Crippen LogP contribution is -2.45. The normalized spacial score (nSPS) is 13.8. The molecule has 1 aromatic heterocycles. The Hall–Kier alpha value is -1.49. The largest absolute Gasteiger partial charge is 0.467 e. The Balaban J connectivity index is 2.54. The summed E-state index contributed by atoms with van der Waals surface area (Å²) < 4.78 is 5.31. The Labute approximate surface area is 128 Å². The van der Waals surface area contributed by atoms with Crippen LogP contribution in [-0.2, 0) is 6.54 Å². The lowest BCUT2D eigenvalue weighted by Gasteiger charge is -2.27. The number of aliphatic imine (C=N–C) groups is 1. The van der Waals surface area contributed by atoms with E-state index < -0.39 is 0 Å². The molecule has 0 saturated heterocycles. The van der Waals surface area contributed by atoms with Gasteiger partial charge in [-0.1, -0.05) is 13.8 Å². The average Bonchev–Trinajstić information content (AvgIpc) is 2.92. The van der Waals surface area contributed by atoms with E-state index >= 15 is 0 Å². The van der Waals surface area contributed by atoms with Crippen molar-refractivity contribution in [2.45, 2.75) is 39.8 Å². The number of nitrogens with one attached hydrogen (secondary N) is 2. The number of likely N-dealkylation sites (N-methyl/N-ethyl adjacent to an activating group) is 1. The maximum Gasteiger partial charge on any atom is 0.191 e. The summed E-state index contributed by atoms with van der Waals surface area (Å²) in [7, 11) is 4.25. The topological polar surface area (TPSA) is 52.8 Å². The van der Waals surface area contributed by atoms with Crippen LogP contribution in [0.3, 0.4) is 0 Å². The summed E-state index contributed by atoms with van der Waals surface area (Å²) in [6.07, 6.45) is 2.84. The van der Waals surface area contributed by atoms with Gasteiger partial charge in [0.25, 0.3) is 0 Å². The Morgan fingerprint density at radius 2 is 2.10 bits per heavy atom. The molecule has 1 unspecified atom stereocenters. The second-order valence-corrected chi connectivity index (χ2v) is 5.90. The second kappa shape index (κ2) is 9.45. The third-order valence-corrected chi connectivity index (χ3v) is 3.30. The van der Waals surface area contributed by atoms with Gasteiger partial charge in [0.05, 0.1) is 6.26 Å². The molecule has 0 aliphatic carbocycles. The van der Waals surface area contributed by atoms with Crippen LogP contribution in [0.1, 0.15) is 33.0 Å². The highest BCUT2D eigenvalue weighted by atomic mass is 16.3. The average molecular weight is 294 g/mol. The van der Waals surface area contributed by atoms with Crippen LogP contribution >= 0.6 is 0 Å². The van der Waals surface area contributed by atoms with E-state index in [1.165, 1.54) is 0 Å². The van der Waals surface area contributed by atoms with Crippen LogP contribution in [0.15, 0.2) is 27.8 Å². The van der Waals surface area contributed by atoms with Gasteiger partial charge in [-0.15, -0.1) is 0 Å². The molecule has 21 heavy (non-hydrogen) atoms. The van der Waals surface area contributed by atoms with Crippen molar-refractivity contribution >= 4 is 5.96 Å². The number of guanidine groups is 1. The van der Waals surface area contributed by atoms with E-state index in [0.717, 1.165) is 31.2 Å². The summed E-state index contributed by atoms with van der Waals surface area (Å²) in [5.74, 6) is 2.39.